The van der Waals surface area contributed by atoms with Crippen LogP contribution in [0.25, 0.3) is 0 Å². The SMILES string of the molecule is COc1ccc(OC)c(/C=N/NC(=O)C(=O)Nc2ccccc2Br)c1. The third-order valence-electron chi connectivity index (χ3n) is 3.13. The second-order valence-electron chi connectivity index (χ2n) is 4.74. The molecule has 8 heteroatoms. The van der Waals surface area contributed by atoms with Crippen molar-refractivity contribution in [2.45, 2.75) is 0 Å². The Hall–Kier alpha value is -2.87. The predicted octanol–water partition coefficient (Wildman–Crippen LogP) is 2.56. The Bertz CT molecular complexity index is 808. The van der Waals surface area contributed by atoms with Crippen LogP contribution in [0.1, 0.15) is 5.56 Å². The fraction of sp³-hybridized carbons (Fsp3) is 0.118. The molecule has 0 saturated carbocycles. The fourth-order valence-electron chi connectivity index (χ4n) is 1.89. The van der Waals surface area contributed by atoms with Gasteiger partial charge in [-0.15, -0.1) is 0 Å². The molecule has 2 aromatic carbocycles. The summed E-state index contributed by atoms with van der Waals surface area (Å²) in [5.74, 6) is -0.563. The lowest BCUT2D eigenvalue weighted by Gasteiger charge is -2.07. The van der Waals surface area contributed by atoms with Gasteiger partial charge in [-0.2, -0.15) is 5.10 Å². The molecule has 0 aliphatic rings. The van der Waals surface area contributed by atoms with E-state index < -0.39 is 11.8 Å². The topological polar surface area (TPSA) is 89.0 Å². The van der Waals surface area contributed by atoms with Crippen molar-refractivity contribution >= 4 is 39.6 Å². The highest BCUT2D eigenvalue weighted by Gasteiger charge is 2.14. The number of nitrogens with zero attached hydrogens (tertiary/aromatic N) is 1. The van der Waals surface area contributed by atoms with Gasteiger partial charge in [0.25, 0.3) is 0 Å². The smallest absolute Gasteiger partial charge is 0.329 e. The molecule has 0 bridgehead atoms. The molecule has 130 valence electrons. The maximum absolute atomic E-state index is 11.9. The van der Waals surface area contributed by atoms with Gasteiger partial charge in [-0.25, -0.2) is 5.43 Å². The number of rotatable bonds is 5. The molecular weight excluding hydrogens is 390 g/mol. The molecule has 7 nitrogen and oxygen atoms in total. The molecule has 25 heavy (non-hydrogen) atoms. The molecule has 0 aliphatic carbocycles. The molecule has 0 aliphatic heterocycles. The summed E-state index contributed by atoms with van der Waals surface area (Å²) in [5.41, 5.74) is 3.24. The van der Waals surface area contributed by atoms with Crippen molar-refractivity contribution in [1.29, 1.82) is 0 Å². The number of carbonyl (C=O) groups excluding carboxylic acids is 2. The zero-order chi connectivity index (χ0) is 18.2. The van der Waals surface area contributed by atoms with Gasteiger partial charge in [-0.1, -0.05) is 12.1 Å². The molecule has 0 unspecified atom stereocenters. The molecule has 0 atom stereocenters. The first-order valence-corrected chi connectivity index (χ1v) is 7.95. The van der Waals surface area contributed by atoms with Gasteiger partial charge >= 0.3 is 11.8 Å². The predicted molar refractivity (Wildman–Crippen MR) is 98.1 cm³/mol. The minimum atomic E-state index is -0.895. The van der Waals surface area contributed by atoms with E-state index in [1.807, 2.05) is 0 Å². The number of methoxy groups -OCH3 is 2. The van der Waals surface area contributed by atoms with Gasteiger partial charge in [0.05, 0.1) is 26.1 Å². The van der Waals surface area contributed by atoms with Gasteiger partial charge in [0.2, 0.25) is 0 Å². The van der Waals surface area contributed by atoms with E-state index in [0.717, 1.165) is 0 Å². The lowest BCUT2D eigenvalue weighted by Crippen LogP contribution is -2.32. The highest BCUT2D eigenvalue weighted by atomic mass is 79.9. The first-order chi connectivity index (χ1) is 12.0. The second kappa shape index (κ2) is 8.84. The summed E-state index contributed by atoms with van der Waals surface area (Å²) in [7, 11) is 3.06. The summed E-state index contributed by atoms with van der Waals surface area (Å²) in [6.07, 6.45) is 1.37. The van der Waals surface area contributed by atoms with E-state index in [2.05, 4.69) is 31.8 Å². The summed E-state index contributed by atoms with van der Waals surface area (Å²) < 4.78 is 11.0. The minimum absolute atomic E-state index is 0.487. The molecule has 2 amide bonds. The molecule has 2 N–H and O–H groups in total. The Kier molecular flexibility index (Phi) is 6.53. The van der Waals surface area contributed by atoms with Crippen LogP contribution in [0.15, 0.2) is 52.0 Å². The normalized spacial score (nSPS) is 10.4. The Morgan fingerprint density at radius 3 is 2.52 bits per heavy atom. The number of halogens is 1. The average Bonchev–Trinajstić information content (AvgIpc) is 2.63. The van der Waals surface area contributed by atoms with E-state index in [1.54, 1.807) is 42.5 Å². The number of nitrogens with one attached hydrogen (secondary N) is 2. The highest BCUT2D eigenvalue weighted by molar-refractivity contribution is 9.10. The summed E-state index contributed by atoms with van der Waals surface area (Å²) in [6.45, 7) is 0. The molecular formula is C17H16BrN3O4. The average molecular weight is 406 g/mol. The van der Waals surface area contributed by atoms with Crippen molar-refractivity contribution in [3.05, 3.63) is 52.5 Å². The van der Waals surface area contributed by atoms with Gasteiger partial charge in [-0.3, -0.25) is 9.59 Å². The van der Waals surface area contributed by atoms with Crippen molar-refractivity contribution in [2.75, 3.05) is 19.5 Å². The number of carbonyl (C=O) groups is 2. The number of hydrazone groups is 1. The number of anilines is 1. The lowest BCUT2D eigenvalue weighted by atomic mass is 10.2. The van der Waals surface area contributed by atoms with Crippen LogP contribution >= 0.6 is 15.9 Å². The van der Waals surface area contributed by atoms with Crippen molar-refractivity contribution < 1.29 is 19.1 Å². The van der Waals surface area contributed by atoms with Gasteiger partial charge in [0, 0.05) is 10.0 Å². The van der Waals surface area contributed by atoms with Gasteiger partial charge in [-0.05, 0) is 46.3 Å². The van der Waals surface area contributed by atoms with E-state index in [1.165, 1.54) is 20.4 Å². The molecule has 0 fully saturated rings. The minimum Gasteiger partial charge on any atom is -0.497 e. The van der Waals surface area contributed by atoms with Crippen molar-refractivity contribution in [3.8, 4) is 11.5 Å². The maximum Gasteiger partial charge on any atom is 0.329 e. The monoisotopic (exact) mass is 405 g/mol. The van der Waals surface area contributed by atoms with E-state index in [9.17, 15) is 9.59 Å². The Balaban J connectivity index is 2.00. The van der Waals surface area contributed by atoms with Crippen molar-refractivity contribution in [3.63, 3.8) is 0 Å². The third kappa shape index (κ3) is 5.05. The number of amides is 2. The van der Waals surface area contributed by atoms with Crippen LogP contribution in [0.4, 0.5) is 5.69 Å². The van der Waals surface area contributed by atoms with Gasteiger partial charge < -0.3 is 14.8 Å². The lowest BCUT2D eigenvalue weighted by molar-refractivity contribution is -0.136. The molecule has 0 saturated heterocycles. The first kappa shape index (κ1) is 18.5. The van der Waals surface area contributed by atoms with Crippen LogP contribution in [0.2, 0.25) is 0 Å². The number of para-hydroxylation sites is 1. The van der Waals surface area contributed by atoms with Crippen LogP contribution in [-0.2, 0) is 9.59 Å². The molecule has 2 rings (SSSR count). The van der Waals surface area contributed by atoms with E-state index in [-0.39, 0.29) is 0 Å². The summed E-state index contributed by atoms with van der Waals surface area (Å²) >= 11 is 3.28. The van der Waals surface area contributed by atoms with Crippen molar-refractivity contribution in [1.82, 2.24) is 5.43 Å². The second-order valence-corrected chi connectivity index (χ2v) is 5.60. The molecule has 0 spiro atoms. The Morgan fingerprint density at radius 2 is 1.84 bits per heavy atom. The number of hydrogen-bond acceptors (Lipinski definition) is 5. The fourth-order valence-corrected chi connectivity index (χ4v) is 2.28. The van der Waals surface area contributed by atoms with Crippen LogP contribution in [0.5, 0.6) is 11.5 Å². The standard InChI is InChI=1S/C17H16BrN3O4/c1-24-12-7-8-15(25-2)11(9-12)10-19-21-17(23)16(22)20-14-6-4-3-5-13(14)18/h3-10H,1-2H3,(H,20,22)(H,21,23)/b19-10+. The number of ether oxygens (including phenoxy) is 2. The molecule has 0 aromatic heterocycles. The van der Waals surface area contributed by atoms with E-state index >= 15 is 0 Å². The van der Waals surface area contributed by atoms with Crippen molar-refractivity contribution in [2.24, 2.45) is 5.10 Å². The highest BCUT2D eigenvalue weighted by Crippen LogP contribution is 2.22. The Labute approximate surface area is 153 Å². The van der Waals surface area contributed by atoms with Crippen LogP contribution in [-0.4, -0.2) is 32.2 Å². The summed E-state index contributed by atoms with van der Waals surface area (Å²) in [5, 5.41) is 6.26. The number of benzene rings is 2. The van der Waals surface area contributed by atoms with Gasteiger partial charge in [0.1, 0.15) is 11.5 Å². The summed E-state index contributed by atoms with van der Waals surface area (Å²) in [6, 6.07) is 12.1. The van der Waals surface area contributed by atoms with E-state index in [4.69, 9.17) is 9.47 Å². The molecule has 2 aromatic rings. The third-order valence-corrected chi connectivity index (χ3v) is 3.83. The Morgan fingerprint density at radius 1 is 1.08 bits per heavy atom. The zero-order valence-corrected chi connectivity index (χ0v) is 15.2. The maximum atomic E-state index is 11.9. The van der Waals surface area contributed by atoms with Crippen LogP contribution < -0.4 is 20.2 Å². The van der Waals surface area contributed by atoms with Crippen LogP contribution in [0.3, 0.4) is 0 Å². The first-order valence-electron chi connectivity index (χ1n) is 7.16. The largest absolute Gasteiger partial charge is 0.497 e. The zero-order valence-electron chi connectivity index (χ0n) is 13.6. The summed E-state index contributed by atoms with van der Waals surface area (Å²) in [4.78, 5) is 23.7. The quantitative estimate of drug-likeness (QED) is 0.454. The number of hydrogen-bond donors (Lipinski definition) is 2. The molecule has 0 radical (unpaired) electrons. The van der Waals surface area contributed by atoms with Crippen LogP contribution in [0, 0.1) is 0 Å². The van der Waals surface area contributed by atoms with Gasteiger partial charge in [0.15, 0.2) is 0 Å². The van der Waals surface area contributed by atoms with E-state index in [0.29, 0.717) is 27.2 Å². The molecule has 0 heterocycles.